The van der Waals surface area contributed by atoms with E-state index in [4.69, 9.17) is 14.7 Å². The van der Waals surface area contributed by atoms with Crippen LogP contribution in [0.1, 0.15) is 38.9 Å². The third kappa shape index (κ3) is 4.27. The van der Waals surface area contributed by atoms with E-state index in [1.165, 1.54) is 60.5 Å². The fourth-order valence-electron chi connectivity index (χ4n) is 9.99. The first-order valence-electron chi connectivity index (χ1n) is 19.2. The van der Waals surface area contributed by atoms with E-state index in [1.807, 2.05) is 0 Å². The number of nitrogens with zero attached hydrogens (tertiary/aromatic N) is 2. The van der Waals surface area contributed by atoms with Gasteiger partial charge in [0, 0.05) is 27.8 Å². The molecule has 0 bridgehead atoms. The molecule has 2 heterocycles. The summed E-state index contributed by atoms with van der Waals surface area (Å²) < 4.78 is 6.61. The average molecular weight is 703 g/mol. The molecule has 12 rings (SSSR count). The molecule has 0 saturated heterocycles. The SMILES string of the molecule is Cc1ccc2c(-c3cc(-c4cc5c6c(cccc6c4)CC5)nc(-c4cccc5c4-c4ccccc4C54c5ccccc5Oc5ccccc54)n3)cccc2c1. The molecule has 0 unspecified atom stereocenters. The molecule has 1 aromatic heterocycles. The van der Waals surface area contributed by atoms with Crippen molar-refractivity contribution in [2.75, 3.05) is 0 Å². The Morgan fingerprint density at radius 1 is 0.491 bits per heavy atom. The van der Waals surface area contributed by atoms with Crippen LogP contribution < -0.4 is 4.74 Å². The monoisotopic (exact) mass is 702 g/mol. The average Bonchev–Trinajstić information content (AvgIpc) is 3.79. The van der Waals surface area contributed by atoms with E-state index < -0.39 is 5.41 Å². The van der Waals surface area contributed by atoms with E-state index in [0.717, 1.165) is 69.4 Å². The van der Waals surface area contributed by atoms with Gasteiger partial charge in [0.2, 0.25) is 0 Å². The molecule has 3 aliphatic rings. The van der Waals surface area contributed by atoms with Gasteiger partial charge in [0.25, 0.3) is 0 Å². The molecule has 0 saturated carbocycles. The van der Waals surface area contributed by atoms with Crippen molar-refractivity contribution < 1.29 is 4.74 Å². The maximum atomic E-state index is 6.61. The summed E-state index contributed by atoms with van der Waals surface area (Å²) in [5.41, 5.74) is 15.7. The lowest BCUT2D eigenvalue weighted by Crippen LogP contribution is -2.32. The predicted molar refractivity (Wildman–Crippen MR) is 223 cm³/mol. The van der Waals surface area contributed by atoms with Gasteiger partial charge in [-0.2, -0.15) is 0 Å². The number of hydrogen-bond donors (Lipinski definition) is 0. The largest absolute Gasteiger partial charge is 0.457 e. The van der Waals surface area contributed by atoms with Gasteiger partial charge in [0.15, 0.2) is 5.82 Å². The van der Waals surface area contributed by atoms with Crippen molar-refractivity contribution >= 4 is 21.5 Å². The molecule has 1 spiro atoms. The summed E-state index contributed by atoms with van der Waals surface area (Å²) in [6.07, 6.45) is 2.13. The minimum absolute atomic E-state index is 0.568. The molecular formula is C52H34N2O. The fraction of sp³-hybridized carbons (Fsp3) is 0.0769. The predicted octanol–water partition coefficient (Wildman–Crippen LogP) is 12.7. The van der Waals surface area contributed by atoms with Crippen molar-refractivity contribution in [2.45, 2.75) is 25.2 Å². The van der Waals surface area contributed by atoms with Crippen LogP contribution in [0.3, 0.4) is 0 Å². The molecule has 55 heavy (non-hydrogen) atoms. The van der Waals surface area contributed by atoms with E-state index in [9.17, 15) is 0 Å². The second kappa shape index (κ2) is 11.3. The van der Waals surface area contributed by atoms with Crippen LogP contribution in [0.2, 0.25) is 0 Å². The molecule has 0 amide bonds. The Labute approximate surface area is 319 Å². The molecule has 0 N–H and O–H groups in total. The normalized spacial score (nSPS) is 14.1. The standard InChI is InChI=1S/C52H34N2O/c1-31-23-26-37-33(27-31)12-9-15-38(37)46-30-45(36-28-34-13-8-11-32-24-25-35(29-36)49(32)34)53-51(54-46)40-16-10-20-44-50(40)39-14-2-3-17-41(39)52(44)42-18-4-6-21-47(42)55-48-22-7-5-19-43(48)52/h2-23,26-30H,24-25H2,1H3. The Hall–Kier alpha value is -6.84. The second-order valence-corrected chi connectivity index (χ2v) is 15.3. The Bertz CT molecular complexity index is 3060. The minimum atomic E-state index is -0.568. The maximum Gasteiger partial charge on any atom is 0.161 e. The molecule has 0 radical (unpaired) electrons. The van der Waals surface area contributed by atoms with E-state index in [2.05, 4.69) is 171 Å². The first kappa shape index (κ1) is 30.6. The third-order valence-electron chi connectivity index (χ3n) is 12.3. The summed E-state index contributed by atoms with van der Waals surface area (Å²) in [6, 6.07) is 59.5. The van der Waals surface area contributed by atoms with Gasteiger partial charge in [-0.15, -0.1) is 0 Å². The topological polar surface area (TPSA) is 35.0 Å². The van der Waals surface area contributed by atoms with Crippen LogP contribution in [-0.2, 0) is 18.3 Å². The molecular weight excluding hydrogens is 669 g/mol. The van der Waals surface area contributed by atoms with Gasteiger partial charge in [-0.25, -0.2) is 9.97 Å². The molecule has 3 nitrogen and oxygen atoms in total. The molecule has 8 aromatic carbocycles. The summed E-state index contributed by atoms with van der Waals surface area (Å²) in [5.74, 6) is 2.49. The lowest BCUT2D eigenvalue weighted by atomic mass is 9.66. The summed E-state index contributed by atoms with van der Waals surface area (Å²) in [4.78, 5) is 11.1. The van der Waals surface area contributed by atoms with Gasteiger partial charge >= 0.3 is 0 Å². The number of hydrogen-bond acceptors (Lipinski definition) is 3. The zero-order valence-electron chi connectivity index (χ0n) is 30.3. The summed E-state index contributed by atoms with van der Waals surface area (Å²) in [6.45, 7) is 2.15. The highest BCUT2D eigenvalue weighted by atomic mass is 16.5. The zero-order valence-corrected chi connectivity index (χ0v) is 30.3. The zero-order chi connectivity index (χ0) is 36.3. The Morgan fingerprint density at radius 3 is 2.00 bits per heavy atom. The van der Waals surface area contributed by atoms with Gasteiger partial charge in [-0.1, -0.05) is 139 Å². The molecule has 1 aliphatic heterocycles. The number of para-hydroxylation sites is 2. The highest BCUT2D eigenvalue weighted by molar-refractivity contribution is 6.00. The second-order valence-electron chi connectivity index (χ2n) is 15.3. The highest BCUT2D eigenvalue weighted by Gasteiger charge is 2.51. The van der Waals surface area contributed by atoms with E-state index >= 15 is 0 Å². The number of benzene rings is 8. The van der Waals surface area contributed by atoms with Crippen molar-refractivity contribution in [1.82, 2.24) is 9.97 Å². The Morgan fingerprint density at radius 2 is 1.15 bits per heavy atom. The van der Waals surface area contributed by atoms with Crippen LogP contribution in [0.5, 0.6) is 11.5 Å². The smallest absolute Gasteiger partial charge is 0.161 e. The maximum absolute atomic E-state index is 6.61. The molecule has 0 atom stereocenters. The van der Waals surface area contributed by atoms with Crippen LogP contribution >= 0.6 is 0 Å². The molecule has 258 valence electrons. The third-order valence-corrected chi connectivity index (χ3v) is 12.3. The van der Waals surface area contributed by atoms with Gasteiger partial charge in [0.1, 0.15) is 11.5 Å². The van der Waals surface area contributed by atoms with Crippen molar-refractivity contribution in [3.8, 4) is 56.5 Å². The molecule has 0 fully saturated rings. The van der Waals surface area contributed by atoms with Crippen LogP contribution in [-0.4, -0.2) is 9.97 Å². The first-order chi connectivity index (χ1) is 27.1. The van der Waals surface area contributed by atoms with Crippen molar-refractivity contribution in [1.29, 1.82) is 0 Å². The molecule has 3 heteroatoms. The van der Waals surface area contributed by atoms with Crippen LogP contribution in [0.15, 0.2) is 164 Å². The van der Waals surface area contributed by atoms with Crippen LogP contribution in [0, 0.1) is 6.92 Å². The van der Waals surface area contributed by atoms with Gasteiger partial charge in [0.05, 0.1) is 16.8 Å². The van der Waals surface area contributed by atoms with Crippen molar-refractivity contribution in [3.63, 3.8) is 0 Å². The minimum Gasteiger partial charge on any atom is -0.457 e. The number of fused-ring (bicyclic) bond motifs is 10. The van der Waals surface area contributed by atoms with Gasteiger partial charge in [-0.05, 0) is 105 Å². The van der Waals surface area contributed by atoms with E-state index in [-0.39, 0.29) is 0 Å². The summed E-state index contributed by atoms with van der Waals surface area (Å²) in [7, 11) is 0. The number of rotatable bonds is 3. The first-order valence-corrected chi connectivity index (χ1v) is 19.2. The lowest BCUT2D eigenvalue weighted by Gasteiger charge is -2.39. The van der Waals surface area contributed by atoms with Gasteiger partial charge < -0.3 is 4.74 Å². The number of aryl methyl sites for hydroxylation is 3. The molecule has 2 aliphatic carbocycles. The van der Waals surface area contributed by atoms with E-state index in [0.29, 0.717) is 0 Å². The van der Waals surface area contributed by atoms with Crippen LogP contribution in [0.25, 0.3) is 66.6 Å². The fourth-order valence-corrected chi connectivity index (χ4v) is 9.99. The summed E-state index contributed by atoms with van der Waals surface area (Å²) in [5, 5.41) is 5.07. The highest BCUT2D eigenvalue weighted by Crippen LogP contribution is 2.63. The number of ether oxygens (including phenoxy) is 1. The quantitative estimate of drug-likeness (QED) is 0.184. The van der Waals surface area contributed by atoms with Crippen molar-refractivity contribution in [2.24, 2.45) is 0 Å². The van der Waals surface area contributed by atoms with Crippen LogP contribution in [0.4, 0.5) is 0 Å². The lowest BCUT2D eigenvalue weighted by molar-refractivity contribution is 0.436. The van der Waals surface area contributed by atoms with Gasteiger partial charge in [-0.3, -0.25) is 0 Å². The number of aromatic nitrogens is 2. The Balaban J connectivity index is 1.16. The summed E-state index contributed by atoms with van der Waals surface area (Å²) >= 11 is 0. The Kier molecular flexibility index (Phi) is 6.31. The van der Waals surface area contributed by atoms with E-state index in [1.54, 1.807) is 0 Å². The van der Waals surface area contributed by atoms with Crippen molar-refractivity contribution in [3.05, 3.63) is 203 Å². The molecule has 9 aromatic rings.